The van der Waals surface area contributed by atoms with E-state index in [0.717, 1.165) is 27.3 Å². The first kappa shape index (κ1) is 22.5. The molecule has 0 fully saturated rings. The van der Waals surface area contributed by atoms with Crippen LogP contribution in [0.2, 0.25) is 0 Å². The number of benzene rings is 2. The first-order chi connectivity index (χ1) is 13.7. The molecular formula is C21H28N2O5S. The number of anilines is 1. The van der Waals surface area contributed by atoms with Crippen LogP contribution in [0.1, 0.15) is 16.7 Å². The molecule has 2 rings (SSSR count). The first-order valence-corrected chi connectivity index (χ1v) is 11.0. The minimum Gasteiger partial charge on any atom is -0.493 e. The molecule has 0 bridgehead atoms. The van der Waals surface area contributed by atoms with E-state index in [4.69, 9.17) is 9.47 Å². The van der Waals surface area contributed by atoms with Gasteiger partial charge in [-0.25, -0.2) is 8.42 Å². The van der Waals surface area contributed by atoms with E-state index in [0.29, 0.717) is 30.2 Å². The summed E-state index contributed by atoms with van der Waals surface area (Å²) in [6.45, 7) is 3.86. The van der Waals surface area contributed by atoms with Crippen LogP contribution in [0.5, 0.6) is 11.5 Å². The van der Waals surface area contributed by atoms with Crippen molar-refractivity contribution in [1.29, 1.82) is 0 Å². The number of carbonyl (C=O) groups is 1. The van der Waals surface area contributed by atoms with Crippen LogP contribution >= 0.6 is 0 Å². The second kappa shape index (κ2) is 9.65. The Kier molecular flexibility index (Phi) is 7.50. The fourth-order valence-electron chi connectivity index (χ4n) is 2.96. The van der Waals surface area contributed by atoms with Crippen LogP contribution in [0.3, 0.4) is 0 Å². The van der Waals surface area contributed by atoms with Gasteiger partial charge in [0.05, 0.1) is 26.2 Å². The lowest BCUT2D eigenvalue weighted by Gasteiger charge is -2.24. The van der Waals surface area contributed by atoms with Crippen LogP contribution in [0.15, 0.2) is 36.4 Å². The number of aryl methyl sites for hydroxylation is 1. The van der Waals surface area contributed by atoms with E-state index in [2.05, 4.69) is 5.32 Å². The smallest absolute Gasteiger partial charge is 0.240 e. The third kappa shape index (κ3) is 5.87. The van der Waals surface area contributed by atoms with Crippen LogP contribution < -0.4 is 19.1 Å². The Morgan fingerprint density at radius 2 is 1.76 bits per heavy atom. The summed E-state index contributed by atoms with van der Waals surface area (Å²) < 4.78 is 36.2. The van der Waals surface area contributed by atoms with E-state index in [1.807, 2.05) is 38.1 Å². The zero-order valence-corrected chi connectivity index (χ0v) is 18.3. The SMILES string of the molecule is COc1ccc(CCNC(=O)CN(c2cccc(C)c2C)S(C)(=O)=O)cc1OC. The summed E-state index contributed by atoms with van der Waals surface area (Å²) in [5, 5.41) is 2.79. The normalized spacial score (nSPS) is 11.1. The average molecular weight is 421 g/mol. The Hall–Kier alpha value is -2.74. The quantitative estimate of drug-likeness (QED) is 0.674. The molecule has 2 aromatic rings. The third-order valence-corrected chi connectivity index (χ3v) is 5.84. The summed E-state index contributed by atoms with van der Waals surface area (Å²) in [6.07, 6.45) is 1.68. The first-order valence-electron chi connectivity index (χ1n) is 9.19. The van der Waals surface area contributed by atoms with Crippen molar-refractivity contribution < 1.29 is 22.7 Å². The van der Waals surface area contributed by atoms with Crippen LogP contribution in [-0.4, -0.2) is 47.9 Å². The van der Waals surface area contributed by atoms with Crippen LogP contribution in [-0.2, 0) is 21.2 Å². The zero-order valence-electron chi connectivity index (χ0n) is 17.5. The lowest BCUT2D eigenvalue weighted by atomic mass is 10.1. The van der Waals surface area contributed by atoms with Gasteiger partial charge in [-0.3, -0.25) is 9.10 Å². The zero-order chi connectivity index (χ0) is 21.6. The summed E-state index contributed by atoms with van der Waals surface area (Å²) in [5.74, 6) is 0.893. The van der Waals surface area contributed by atoms with Gasteiger partial charge in [-0.05, 0) is 55.2 Å². The number of nitrogens with zero attached hydrogens (tertiary/aromatic N) is 1. The molecule has 0 saturated heterocycles. The van der Waals surface area contributed by atoms with Crippen molar-refractivity contribution in [3.63, 3.8) is 0 Å². The standard InChI is InChI=1S/C21H28N2O5S/c1-15-7-6-8-18(16(15)2)23(29(5,25)26)14-21(24)22-12-11-17-9-10-19(27-3)20(13-17)28-4/h6-10,13H,11-12,14H2,1-5H3,(H,22,24). The fourth-order valence-corrected chi connectivity index (χ4v) is 3.86. The Morgan fingerprint density at radius 3 is 2.38 bits per heavy atom. The van der Waals surface area contributed by atoms with Gasteiger partial charge in [0.15, 0.2) is 11.5 Å². The second-order valence-electron chi connectivity index (χ2n) is 6.78. The van der Waals surface area contributed by atoms with E-state index in [9.17, 15) is 13.2 Å². The molecule has 0 unspecified atom stereocenters. The highest BCUT2D eigenvalue weighted by Gasteiger charge is 2.22. The van der Waals surface area contributed by atoms with Crippen molar-refractivity contribution in [1.82, 2.24) is 5.32 Å². The largest absolute Gasteiger partial charge is 0.493 e. The van der Waals surface area contributed by atoms with Gasteiger partial charge in [-0.1, -0.05) is 18.2 Å². The van der Waals surface area contributed by atoms with Gasteiger partial charge in [0, 0.05) is 6.54 Å². The van der Waals surface area contributed by atoms with Gasteiger partial charge >= 0.3 is 0 Å². The molecule has 0 atom stereocenters. The number of nitrogens with one attached hydrogen (secondary N) is 1. The van der Waals surface area contributed by atoms with Crippen molar-refractivity contribution in [3.05, 3.63) is 53.1 Å². The van der Waals surface area contributed by atoms with Gasteiger partial charge in [0.2, 0.25) is 15.9 Å². The molecule has 0 heterocycles. The fraction of sp³-hybridized carbons (Fsp3) is 0.381. The summed E-state index contributed by atoms with van der Waals surface area (Å²) in [5.41, 5.74) is 3.28. The van der Waals surface area contributed by atoms with Crippen molar-refractivity contribution in [2.45, 2.75) is 20.3 Å². The number of rotatable bonds is 9. The molecule has 29 heavy (non-hydrogen) atoms. The van der Waals surface area contributed by atoms with Crippen LogP contribution in [0.4, 0.5) is 5.69 Å². The molecule has 0 spiro atoms. The van der Waals surface area contributed by atoms with E-state index in [-0.39, 0.29) is 12.5 Å². The Bertz CT molecular complexity index is 973. The average Bonchev–Trinajstić information content (AvgIpc) is 2.67. The Morgan fingerprint density at radius 1 is 1.07 bits per heavy atom. The van der Waals surface area contributed by atoms with Crippen molar-refractivity contribution in [3.8, 4) is 11.5 Å². The molecule has 1 N–H and O–H groups in total. The van der Waals surface area contributed by atoms with Crippen LogP contribution in [0.25, 0.3) is 0 Å². The molecule has 158 valence electrons. The second-order valence-corrected chi connectivity index (χ2v) is 8.68. The molecule has 0 radical (unpaired) electrons. The number of ether oxygens (including phenoxy) is 2. The maximum absolute atomic E-state index is 12.4. The Balaban J connectivity index is 2.03. The minimum absolute atomic E-state index is 0.269. The molecule has 2 aromatic carbocycles. The minimum atomic E-state index is -3.60. The molecule has 7 nitrogen and oxygen atoms in total. The molecule has 0 aliphatic heterocycles. The number of sulfonamides is 1. The number of hydrogen-bond acceptors (Lipinski definition) is 5. The van der Waals surface area contributed by atoms with E-state index < -0.39 is 10.0 Å². The maximum Gasteiger partial charge on any atom is 0.240 e. The van der Waals surface area contributed by atoms with E-state index in [1.165, 1.54) is 0 Å². The number of hydrogen-bond donors (Lipinski definition) is 1. The van der Waals surface area contributed by atoms with Gasteiger partial charge < -0.3 is 14.8 Å². The lowest BCUT2D eigenvalue weighted by Crippen LogP contribution is -2.41. The third-order valence-electron chi connectivity index (χ3n) is 4.72. The van der Waals surface area contributed by atoms with Gasteiger partial charge in [-0.15, -0.1) is 0 Å². The molecule has 1 amide bonds. The van der Waals surface area contributed by atoms with Gasteiger partial charge in [-0.2, -0.15) is 0 Å². The monoisotopic (exact) mass is 420 g/mol. The lowest BCUT2D eigenvalue weighted by molar-refractivity contribution is -0.119. The Labute approximate surface area is 172 Å². The highest BCUT2D eigenvalue weighted by molar-refractivity contribution is 7.92. The molecule has 0 aliphatic rings. The number of amides is 1. The molecule has 0 aliphatic carbocycles. The van der Waals surface area contributed by atoms with Gasteiger partial charge in [0.25, 0.3) is 0 Å². The summed E-state index contributed by atoms with van der Waals surface area (Å²) >= 11 is 0. The summed E-state index contributed by atoms with van der Waals surface area (Å²) in [4.78, 5) is 12.4. The predicted molar refractivity (Wildman–Crippen MR) is 114 cm³/mol. The number of methoxy groups -OCH3 is 2. The summed E-state index contributed by atoms with van der Waals surface area (Å²) in [6, 6.07) is 11.0. The van der Waals surface area contributed by atoms with E-state index >= 15 is 0 Å². The van der Waals surface area contributed by atoms with E-state index in [1.54, 1.807) is 26.4 Å². The molecular weight excluding hydrogens is 392 g/mol. The summed E-state index contributed by atoms with van der Waals surface area (Å²) in [7, 11) is -0.468. The molecule has 8 heteroatoms. The van der Waals surface area contributed by atoms with Crippen molar-refractivity contribution in [2.75, 3.05) is 37.9 Å². The highest BCUT2D eigenvalue weighted by Crippen LogP contribution is 2.27. The predicted octanol–water partition coefficient (Wildman–Crippen LogP) is 2.45. The maximum atomic E-state index is 12.4. The van der Waals surface area contributed by atoms with Crippen molar-refractivity contribution in [2.24, 2.45) is 0 Å². The van der Waals surface area contributed by atoms with Gasteiger partial charge in [0.1, 0.15) is 6.54 Å². The van der Waals surface area contributed by atoms with Crippen LogP contribution in [0, 0.1) is 13.8 Å². The topological polar surface area (TPSA) is 84.9 Å². The number of carbonyl (C=O) groups excluding carboxylic acids is 1. The molecule has 0 saturated carbocycles. The van der Waals surface area contributed by atoms with Crippen molar-refractivity contribution >= 4 is 21.6 Å². The highest BCUT2D eigenvalue weighted by atomic mass is 32.2. The molecule has 0 aromatic heterocycles.